The Bertz CT molecular complexity index is 174. The zero-order chi connectivity index (χ0) is 7.84. The van der Waals surface area contributed by atoms with Gasteiger partial charge in [0.2, 0.25) is 0 Å². The first kappa shape index (κ1) is 7.35. The topological polar surface area (TPSA) is 3.24 Å². The predicted octanol–water partition coefficient (Wildman–Crippen LogP) is 2.19. The minimum absolute atomic E-state index is 0.725. The third kappa shape index (κ3) is 1.12. The molecule has 2 unspecified atom stereocenters. The van der Waals surface area contributed by atoms with E-state index in [1.54, 1.807) is 0 Å². The summed E-state index contributed by atoms with van der Waals surface area (Å²) in [6, 6.07) is 1.60. The fourth-order valence-corrected chi connectivity index (χ4v) is 2.57. The van der Waals surface area contributed by atoms with Gasteiger partial charge in [0.25, 0.3) is 0 Å². The van der Waals surface area contributed by atoms with Gasteiger partial charge in [0.1, 0.15) is 0 Å². The number of piperidine rings is 2. The molecule has 2 aliphatic rings. The Morgan fingerprint density at radius 3 is 2.91 bits per heavy atom. The van der Waals surface area contributed by atoms with Crippen LogP contribution < -0.4 is 0 Å². The lowest BCUT2D eigenvalue weighted by molar-refractivity contribution is 0.103. The summed E-state index contributed by atoms with van der Waals surface area (Å²) in [4.78, 5) is 2.54. The fraction of sp³-hybridized carbons (Fsp3) is 0.800. The summed E-state index contributed by atoms with van der Waals surface area (Å²) >= 11 is 0. The van der Waals surface area contributed by atoms with Crippen molar-refractivity contribution in [3.8, 4) is 0 Å². The van der Waals surface area contributed by atoms with E-state index < -0.39 is 0 Å². The molecule has 2 heterocycles. The number of nitrogens with zero attached hydrogens (tertiary/aromatic N) is 1. The van der Waals surface area contributed by atoms with Gasteiger partial charge in [-0.05, 0) is 32.7 Å². The zero-order valence-electron chi connectivity index (χ0n) is 7.34. The summed E-state index contributed by atoms with van der Waals surface area (Å²) in [6.45, 7) is 4.14. The molecule has 0 radical (unpaired) electrons. The van der Waals surface area contributed by atoms with E-state index in [0.29, 0.717) is 0 Å². The molecule has 0 saturated carbocycles. The van der Waals surface area contributed by atoms with Gasteiger partial charge in [0.15, 0.2) is 0 Å². The summed E-state index contributed by atoms with van der Waals surface area (Å²) in [5.41, 5.74) is 1.48. The van der Waals surface area contributed by atoms with Crippen LogP contribution in [0, 0.1) is 0 Å². The maximum Gasteiger partial charge on any atom is 0.0304 e. The zero-order valence-corrected chi connectivity index (χ0v) is 7.34. The molecule has 62 valence electrons. The van der Waals surface area contributed by atoms with E-state index in [4.69, 9.17) is 0 Å². The second kappa shape index (κ2) is 2.63. The Labute approximate surface area is 69.1 Å². The van der Waals surface area contributed by atoms with Crippen molar-refractivity contribution in [1.82, 2.24) is 4.90 Å². The molecule has 2 aliphatic heterocycles. The van der Waals surface area contributed by atoms with Crippen molar-refractivity contribution in [3.05, 3.63) is 12.2 Å². The number of hydrogen-bond donors (Lipinski definition) is 0. The van der Waals surface area contributed by atoms with Crippen molar-refractivity contribution in [2.24, 2.45) is 0 Å². The summed E-state index contributed by atoms with van der Waals surface area (Å²) in [6.07, 6.45) is 6.82. The van der Waals surface area contributed by atoms with Crippen molar-refractivity contribution in [1.29, 1.82) is 0 Å². The largest absolute Gasteiger partial charge is 0.297 e. The monoisotopic (exact) mass is 151 g/mol. The molecule has 2 fully saturated rings. The highest BCUT2D eigenvalue weighted by atomic mass is 15.2. The van der Waals surface area contributed by atoms with Gasteiger partial charge in [-0.1, -0.05) is 18.6 Å². The van der Waals surface area contributed by atoms with Crippen LogP contribution in [0.25, 0.3) is 0 Å². The van der Waals surface area contributed by atoms with E-state index in [-0.39, 0.29) is 0 Å². The Morgan fingerprint density at radius 2 is 2.18 bits per heavy atom. The first-order valence-electron chi connectivity index (χ1n) is 4.68. The van der Waals surface area contributed by atoms with Gasteiger partial charge < -0.3 is 0 Å². The highest BCUT2D eigenvalue weighted by Gasteiger charge is 2.32. The number of rotatable bonds is 0. The first-order chi connectivity index (χ1) is 5.29. The Kier molecular flexibility index (Phi) is 1.76. The van der Waals surface area contributed by atoms with Crippen LogP contribution in [0.1, 0.15) is 32.1 Å². The summed E-state index contributed by atoms with van der Waals surface area (Å²) in [5.74, 6) is 0. The van der Waals surface area contributed by atoms with Gasteiger partial charge in [-0.3, -0.25) is 4.90 Å². The van der Waals surface area contributed by atoms with E-state index in [2.05, 4.69) is 18.5 Å². The van der Waals surface area contributed by atoms with Crippen molar-refractivity contribution in [3.63, 3.8) is 0 Å². The molecule has 0 aromatic carbocycles. The number of hydrogen-bond acceptors (Lipinski definition) is 1. The minimum Gasteiger partial charge on any atom is -0.297 e. The maximum absolute atomic E-state index is 4.14. The summed E-state index contributed by atoms with van der Waals surface area (Å²) < 4.78 is 0. The van der Waals surface area contributed by atoms with Crippen LogP contribution in [0.15, 0.2) is 12.2 Å². The average Bonchev–Trinajstić information content (AvgIpc) is 1.98. The van der Waals surface area contributed by atoms with Gasteiger partial charge in [0, 0.05) is 12.1 Å². The molecule has 0 aliphatic carbocycles. The van der Waals surface area contributed by atoms with E-state index in [1.165, 1.54) is 37.7 Å². The second-order valence-corrected chi connectivity index (χ2v) is 3.96. The van der Waals surface area contributed by atoms with Crippen molar-refractivity contribution >= 4 is 0 Å². The van der Waals surface area contributed by atoms with Gasteiger partial charge in [-0.15, -0.1) is 0 Å². The molecule has 0 amide bonds. The molecule has 0 spiro atoms. The SMILES string of the molecule is C=C1CCC2CCCC1N2C. The van der Waals surface area contributed by atoms with Crippen LogP contribution in [0.2, 0.25) is 0 Å². The first-order valence-corrected chi connectivity index (χ1v) is 4.68. The minimum atomic E-state index is 0.725. The molecule has 2 bridgehead atoms. The normalized spacial score (nSPS) is 39.2. The third-order valence-corrected chi connectivity index (χ3v) is 3.35. The highest BCUT2D eigenvalue weighted by Crippen LogP contribution is 2.34. The molecule has 11 heavy (non-hydrogen) atoms. The quantitative estimate of drug-likeness (QED) is 0.480. The predicted molar refractivity (Wildman–Crippen MR) is 47.6 cm³/mol. The van der Waals surface area contributed by atoms with E-state index in [9.17, 15) is 0 Å². The van der Waals surface area contributed by atoms with Crippen LogP contribution in [0.5, 0.6) is 0 Å². The molecule has 2 atom stereocenters. The molecule has 1 nitrogen and oxygen atoms in total. The lowest BCUT2D eigenvalue weighted by Crippen LogP contribution is -2.47. The van der Waals surface area contributed by atoms with E-state index in [1.807, 2.05) is 0 Å². The lowest BCUT2D eigenvalue weighted by Gasteiger charge is -2.45. The van der Waals surface area contributed by atoms with Crippen LogP contribution in [-0.4, -0.2) is 24.0 Å². The van der Waals surface area contributed by atoms with Gasteiger partial charge in [-0.2, -0.15) is 0 Å². The molecule has 2 rings (SSSR count). The second-order valence-electron chi connectivity index (χ2n) is 3.96. The Morgan fingerprint density at radius 1 is 1.36 bits per heavy atom. The molecular weight excluding hydrogens is 134 g/mol. The molecule has 0 aromatic heterocycles. The van der Waals surface area contributed by atoms with Crippen molar-refractivity contribution in [2.45, 2.75) is 44.2 Å². The molecule has 0 aromatic rings. The van der Waals surface area contributed by atoms with Crippen LogP contribution in [-0.2, 0) is 0 Å². The third-order valence-electron chi connectivity index (χ3n) is 3.35. The van der Waals surface area contributed by atoms with Crippen LogP contribution in [0.3, 0.4) is 0 Å². The fourth-order valence-electron chi connectivity index (χ4n) is 2.57. The Balaban J connectivity index is 2.15. The molecule has 2 saturated heterocycles. The molecule has 0 N–H and O–H groups in total. The van der Waals surface area contributed by atoms with Crippen molar-refractivity contribution < 1.29 is 0 Å². The van der Waals surface area contributed by atoms with Crippen molar-refractivity contribution in [2.75, 3.05) is 7.05 Å². The average molecular weight is 151 g/mol. The van der Waals surface area contributed by atoms with Crippen LogP contribution >= 0.6 is 0 Å². The Hall–Kier alpha value is -0.300. The van der Waals surface area contributed by atoms with Gasteiger partial charge >= 0.3 is 0 Å². The number of fused-ring (bicyclic) bond motifs is 2. The van der Waals surface area contributed by atoms with Gasteiger partial charge in [-0.25, -0.2) is 0 Å². The lowest BCUT2D eigenvalue weighted by atomic mass is 9.82. The van der Waals surface area contributed by atoms with Gasteiger partial charge in [0.05, 0.1) is 0 Å². The smallest absolute Gasteiger partial charge is 0.0304 e. The highest BCUT2D eigenvalue weighted by molar-refractivity contribution is 5.12. The molecular formula is C10H17N. The summed E-state index contributed by atoms with van der Waals surface area (Å²) in [7, 11) is 2.26. The summed E-state index contributed by atoms with van der Waals surface area (Å²) in [5, 5.41) is 0. The van der Waals surface area contributed by atoms with E-state index >= 15 is 0 Å². The standard InChI is InChI=1S/C10H17N/c1-8-6-7-9-4-3-5-10(8)11(9)2/h9-10H,1,3-7H2,2H3. The van der Waals surface area contributed by atoms with E-state index in [0.717, 1.165) is 12.1 Å². The van der Waals surface area contributed by atoms with Crippen LogP contribution in [0.4, 0.5) is 0 Å². The molecule has 1 heteroatoms. The number of likely N-dealkylation sites (N-methyl/N-ethyl adjacent to an activating group) is 1. The maximum atomic E-state index is 4.14.